The predicted molar refractivity (Wildman–Crippen MR) is 79.5 cm³/mol. The first kappa shape index (κ1) is 14.0. The molecule has 0 aliphatic heterocycles. The van der Waals surface area contributed by atoms with E-state index in [-0.39, 0.29) is 0 Å². The zero-order valence-corrected chi connectivity index (χ0v) is 13.1. The molecule has 1 rings (SSSR count). The Morgan fingerprint density at radius 1 is 1.19 bits per heavy atom. The third-order valence-corrected chi connectivity index (χ3v) is 3.98. The highest BCUT2D eigenvalue weighted by molar-refractivity contribution is 14.1. The quantitative estimate of drug-likeness (QED) is 0.752. The van der Waals surface area contributed by atoms with Gasteiger partial charge in [-0.05, 0) is 59.7 Å². The van der Waals surface area contributed by atoms with E-state index in [0.717, 1.165) is 6.54 Å². The van der Waals surface area contributed by atoms with Crippen molar-refractivity contribution in [3.63, 3.8) is 0 Å². The number of benzene rings is 1. The minimum atomic E-state index is 0.331. The Balaban J connectivity index is 2.64. The summed E-state index contributed by atoms with van der Waals surface area (Å²) in [5.74, 6) is 0. The summed E-state index contributed by atoms with van der Waals surface area (Å²) in [5, 5.41) is 0. The van der Waals surface area contributed by atoms with Crippen molar-refractivity contribution in [1.82, 2.24) is 4.90 Å². The van der Waals surface area contributed by atoms with Gasteiger partial charge >= 0.3 is 0 Å². The van der Waals surface area contributed by atoms with Gasteiger partial charge in [-0.1, -0.05) is 32.9 Å². The summed E-state index contributed by atoms with van der Waals surface area (Å²) < 4.78 is 1.30. The van der Waals surface area contributed by atoms with Crippen molar-refractivity contribution in [2.45, 2.75) is 40.3 Å². The van der Waals surface area contributed by atoms with Crippen LogP contribution in [-0.4, -0.2) is 18.0 Å². The minimum absolute atomic E-state index is 0.331. The highest BCUT2D eigenvalue weighted by Crippen LogP contribution is 2.24. The van der Waals surface area contributed by atoms with E-state index >= 15 is 0 Å². The average molecular weight is 331 g/mol. The van der Waals surface area contributed by atoms with Crippen molar-refractivity contribution in [3.05, 3.63) is 33.4 Å². The van der Waals surface area contributed by atoms with Crippen molar-refractivity contribution in [2.24, 2.45) is 5.41 Å². The summed E-state index contributed by atoms with van der Waals surface area (Å²) in [5.41, 5.74) is 1.72. The molecule has 0 radical (unpaired) electrons. The van der Waals surface area contributed by atoms with Crippen molar-refractivity contribution >= 4 is 22.6 Å². The molecule has 1 nitrogen and oxygen atoms in total. The van der Waals surface area contributed by atoms with Gasteiger partial charge < -0.3 is 0 Å². The molecule has 1 aromatic carbocycles. The minimum Gasteiger partial charge on any atom is -0.299 e. The van der Waals surface area contributed by atoms with Crippen LogP contribution >= 0.6 is 22.6 Å². The molecular formula is C14H22IN. The van der Waals surface area contributed by atoms with E-state index in [4.69, 9.17) is 0 Å². The van der Waals surface area contributed by atoms with E-state index < -0.39 is 0 Å². The van der Waals surface area contributed by atoms with Crippen LogP contribution in [0.3, 0.4) is 0 Å². The lowest BCUT2D eigenvalue weighted by molar-refractivity contribution is 0.134. The Morgan fingerprint density at radius 3 is 2.12 bits per heavy atom. The van der Waals surface area contributed by atoms with Gasteiger partial charge in [0.2, 0.25) is 0 Å². The van der Waals surface area contributed by atoms with E-state index in [1.54, 1.807) is 0 Å². The van der Waals surface area contributed by atoms with Crippen LogP contribution in [0.4, 0.5) is 0 Å². The SMILES string of the molecule is CC(N(C)Cc1ccc(I)cc1)C(C)(C)C. The molecule has 90 valence electrons. The molecule has 0 aliphatic rings. The average Bonchev–Trinajstić information content (AvgIpc) is 2.19. The summed E-state index contributed by atoms with van der Waals surface area (Å²) in [4.78, 5) is 2.42. The molecule has 0 spiro atoms. The normalized spacial score (nSPS) is 14.2. The predicted octanol–water partition coefficient (Wildman–Crippen LogP) is 4.16. The number of hydrogen-bond acceptors (Lipinski definition) is 1. The molecular weight excluding hydrogens is 309 g/mol. The van der Waals surface area contributed by atoms with E-state index in [9.17, 15) is 0 Å². The molecule has 0 fully saturated rings. The van der Waals surface area contributed by atoms with Crippen LogP contribution in [0.2, 0.25) is 0 Å². The van der Waals surface area contributed by atoms with Crippen LogP contribution < -0.4 is 0 Å². The van der Waals surface area contributed by atoms with Crippen molar-refractivity contribution in [2.75, 3.05) is 7.05 Å². The second kappa shape index (κ2) is 5.50. The van der Waals surface area contributed by atoms with Crippen molar-refractivity contribution in [3.8, 4) is 0 Å². The van der Waals surface area contributed by atoms with Crippen molar-refractivity contribution < 1.29 is 0 Å². The first-order valence-corrected chi connectivity index (χ1v) is 6.83. The van der Waals surface area contributed by atoms with Gasteiger partial charge in [0.15, 0.2) is 0 Å². The molecule has 0 heterocycles. The summed E-state index contributed by atoms with van der Waals surface area (Å²) in [6.07, 6.45) is 0. The molecule has 0 bridgehead atoms. The summed E-state index contributed by atoms with van der Waals surface area (Å²) in [6.45, 7) is 10.2. The van der Waals surface area contributed by atoms with Crippen LogP contribution in [0, 0.1) is 8.99 Å². The molecule has 2 heteroatoms. The topological polar surface area (TPSA) is 3.24 Å². The lowest BCUT2D eigenvalue weighted by Gasteiger charge is -2.35. The van der Waals surface area contributed by atoms with Gasteiger partial charge in [0, 0.05) is 16.2 Å². The largest absolute Gasteiger partial charge is 0.299 e. The Hall–Kier alpha value is -0.0900. The maximum Gasteiger partial charge on any atom is 0.0233 e. The maximum absolute atomic E-state index is 2.42. The summed E-state index contributed by atoms with van der Waals surface area (Å²) in [6, 6.07) is 9.35. The fourth-order valence-electron chi connectivity index (χ4n) is 1.68. The molecule has 1 aromatic rings. The second-order valence-electron chi connectivity index (χ2n) is 5.58. The molecule has 0 N–H and O–H groups in total. The molecule has 0 saturated carbocycles. The third-order valence-electron chi connectivity index (χ3n) is 3.26. The Kier molecular flexibility index (Phi) is 4.80. The lowest BCUT2D eigenvalue weighted by atomic mass is 9.87. The number of rotatable bonds is 3. The van der Waals surface area contributed by atoms with Gasteiger partial charge in [-0.25, -0.2) is 0 Å². The smallest absolute Gasteiger partial charge is 0.0233 e. The van der Waals surface area contributed by atoms with E-state index in [1.807, 2.05) is 0 Å². The Morgan fingerprint density at radius 2 is 1.69 bits per heavy atom. The van der Waals surface area contributed by atoms with E-state index in [2.05, 4.69) is 86.5 Å². The lowest BCUT2D eigenvalue weighted by Crippen LogP contribution is -2.38. The van der Waals surface area contributed by atoms with E-state index in [1.165, 1.54) is 9.13 Å². The van der Waals surface area contributed by atoms with Gasteiger partial charge in [-0.15, -0.1) is 0 Å². The number of nitrogens with zero attached hydrogens (tertiary/aromatic N) is 1. The van der Waals surface area contributed by atoms with Crippen LogP contribution in [0.25, 0.3) is 0 Å². The fourth-order valence-corrected chi connectivity index (χ4v) is 2.04. The highest BCUT2D eigenvalue weighted by atomic mass is 127. The zero-order chi connectivity index (χ0) is 12.3. The van der Waals surface area contributed by atoms with Gasteiger partial charge in [0.1, 0.15) is 0 Å². The maximum atomic E-state index is 2.42. The Labute approximate surface area is 113 Å². The second-order valence-corrected chi connectivity index (χ2v) is 6.83. The molecule has 0 amide bonds. The molecule has 0 aliphatic carbocycles. The van der Waals surface area contributed by atoms with Crippen LogP contribution in [0.1, 0.15) is 33.3 Å². The molecule has 1 atom stereocenters. The molecule has 16 heavy (non-hydrogen) atoms. The molecule has 0 saturated heterocycles. The number of hydrogen-bond donors (Lipinski definition) is 0. The van der Waals surface area contributed by atoms with Crippen molar-refractivity contribution in [1.29, 1.82) is 0 Å². The summed E-state index contributed by atoms with van der Waals surface area (Å²) >= 11 is 2.34. The van der Waals surface area contributed by atoms with Gasteiger partial charge in [0.25, 0.3) is 0 Å². The molecule has 0 aromatic heterocycles. The monoisotopic (exact) mass is 331 g/mol. The third kappa shape index (κ3) is 4.06. The number of halogens is 1. The fraction of sp³-hybridized carbons (Fsp3) is 0.571. The van der Waals surface area contributed by atoms with E-state index in [0.29, 0.717) is 11.5 Å². The van der Waals surface area contributed by atoms with Crippen LogP contribution in [-0.2, 0) is 6.54 Å². The van der Waals surface area contributed by atoms with Gasteiger partial charge in [-0.3, -0.25) is 4.90 Å². The summed E-state index contributed by atoms with van der Waals surface area (Å²) in [7, 11) is 2.20. The first-order chi connectivity index (χ1) is 7.30. The van der Waals surface area contributed by atoms with Gasteiger partial charge in [-0.2, -0.15) is 0 Å². The zero-order valence-electron chi connectivity index (χ0n) is 10.9. The van der Waals surface area contributed by atoms with Gasteiger partial charge in [0.05, 0.1) is 0 Å². The first-order valence-electron chi connectivity index (χ1n) is 5.75. The van der Waals surface area contributed by atoms with Crippen LogP contribution in [0.15, 0.2) is 24.3 Å². The Bertz CT molecular complexity index is 324. The highest BCUT2D eigenvalue weighted by Gasteiger charge is 2.23. The standard InChI is InChI=1S/C14H22IN/c1-11(14(2,3)4)16(5)10-12-6-8-13(15)9-7-12/h6-9,11H,10H2,1-5H3. The van der Waals surface area contributed by atoms with Crippen LogP contribution in [0.5, 0.6) is 0 Å². The molecule has 1 unspecified atom stereocenters.